The fraction of sp³-hybridized carbons (Fsp3) is 0.727. The molecular formula is C11H19N3. The molecule has 1 fully saturated rings. The van der Waals surface area contributed by atoms with E-state index < -0.39 is 0 Å². The van der Waals surface area contributed by atoms with Crippen LogP contribution in [-0.2, 0) is 6.54 Å². The van der Waals surface area contributed by atoms with Gasteiger partial charge in [0.1, 0.15) is 0 Å². The zero-order chi connectivity index (χ0) is 9.64. The summed E-state index contributed by atoms with van der Waals surface area (Å²) in [5, 5.41) is 3.57. The van der Waals surface area contributed by atoms with Crippen molar-refractivity contribution in [1.29, 1.82) is 0 Å². The Bertz CT molecular complexity index is 237. The Morgan fingerprint density at radius 3 is 3.14 bits per heavy atom. The highest BCUT2D eigenvalue weighted by Gasteiger charge is 2.11. The van der Waals surface area contributed by atoms with Crippen molar-refractivity contribution in [2.45, 2.75) is 44.7 Å². The molecule has 1 atom stereocenters. The topological polar surface area (TPSA) is 29.9 Å². The van der Waals surface area contributed by atoms with Crippen molar-refractivity contribution in [1.82, 2.24) is 14.9 Å². The summed E-state index contributed by atoms with van der Waals surface area (Å²) in [6.07, 6.45) is 12.5. The van der Waals surface area contributed by atoms with Crippen LogP contribution in [0.4, 0.5) is 0 Å². The highest BCUT2D eigenvalue weighted by atomic mass is 15.0. The summed E-state index contributed by atoms with van der Waals surface area (Å²) in [6.45, 7) is 2.33. The van der Waals surface area contributed by atoms with Crippen LogP contribution in [-0.4, -0.2) is 22.1 Å². The van der Waals surface area contributed by atoms with Crippen LogP contribution in [0.15, 0.2) is 18.7 Å². The van der Waals surface area contributed by atoms with Gasteiger partial charge in [-0.2, -0.15) is 0 Å². The van der Waals surface area contributed by atoms with E-state index in [9.17, 15) is 0 Å². The lowest BCUT2D eigenvalue weighted by Crippen LogP contribution is -2.33. The van der Waals surface area contributed by atoms with Crippen LogP contribution in [0.3, 0.4) is 0 Å². The first-order valence-corrected chi connectivity index (χ1v) is 5.64. The number of imidazole rings is 1. The summed E-state index contributed by atoms with van der Waals surface area (Å²) < 4.78 is 2.16. The third-order valence-electron chi connectivity index (χ3n) is 2.94. The summed E-state index contributed by atoms with van der Waals surface area (Å²) in [5.74, 6) is 0. The number of rotatable bonds is 4. The van der Waals surface area contributed by atoms with Gasteiger partial charge in [0, 0.05) is 25.0 Å². The molecule has 1 aromatic heterocycles. The van der Waals surface area contributed by atoms with Crippen molar-refractivity contribution in [3.05, 3.63) is 18.7 Å². The van der Waals surface area contributed by atoms with E-state index in [1.165, 1.54) is 38.6 Å². The number of hydrogen-bond donors (Lipinski definition) is 1. The van der Waals surface area contributed by atoms with Crippen LogP contribution in [0.5, 0.6) is 0 Å². The van der Waals surface area contributed by atoms with E-state index in [0.29, 0.717) is 0 Å². The molecule has 0 saturated carbocycles. The number of nitrogens with zero attached hydrogens (tertiary/aromatic N) is 2. The fourth-order valence-electron chi connectivity index (χ4n) is 2.11. The molecule has 0 spiro atoms. The first-order valence-electron chi connectivity index (χ1n) is 5.64. The molecule has 0 bridgehead atoms. The smallest absolute Gasteiger partial charge is 0.0945 e. The van der Waals surface area contributed by atoms with E-state index >= 15 is 0 Å². The molecule has 1 aliphatic heterocycles. The minimum absolute atomic E-state index is 0.771. The quantitative estimate of drug-likeness (QED) is 0.790. The van der Waals surface area contributed by atoms with E-state index in [0.717, 1.165) is 12.6 Å². The first kappa shape index (κ1) is 9.71. The Kier molecular flexibility index (Phi) is 3.57. The van der Waals surface area contributed by atoms with Gasteiger partial charge in [0.25, 0.3) is 0 Å². The van der Waals surface area contributed by atoms with Gasteiger partial charge in [-0.1, -0.05) is 6.42 Å². The van der Waals surface area contributed by atoms with Gasteiger partial charge in [-0.25, -0.2) is 4.98 Å². The average Bonchev–Trinajstić information content (AvgIpc) is 2.72. The number of nitrogens with one attached hydrogen (secondary N) is 1. The molecule has 2 heterocycles. The van der Waals surface area contributed by atoms with Crippen LogP contribution in [0.25, 0.3) is 0 Å². The molecule has 3 heteroatoms. The summed E-state index contributed by atoms with van der Waals surface area (Å²) >= 11 is 0. The zero-order valence-electron chi connectivity index (χ0n) is 8.65. The normalized spacial score (nSPS) is 22.4. The van der Waals surface area contributed by atoms with Crippen LogP contribution in [0.2, 0.25) is 0 Å². The van der Waals surface area contributed by atoms with Gasteiger partial charge in [0.15, 0.2) is 0 Å². The van der Waals surface area contributed by atoms with E-state index in [-0.39, 0.29) is 0 Å². The maximum Gasteiger partial charge on any atom is 0.0945 e. The number of piperidine rings is 1. The largest absolute Gasteiger partial charge is 0.337 e. The average molecular weight is 193 g/mol. The van der Waals surface area contributed by atoms with E-state index in [1.807, 2.05) is 18.7 Å². The third-order valence-corrected chi connectivity index (χ3v) is 2.94. The zero-order valence-corrected chi connectivity index (χ0v) is 8.65. The molecule has 0 aromatic carbocycles. The number of aromatic nitrogens is 2. The minimum atomic E-state index is 0.771. The summed E-state index contributed by atoms with van der Waals surface area (Å²) in [6, 6.07) is 0.771. The Balaban J connectivity index is 1.62. The van der Waals surface area contributed by atoms with Crippen LogP contribution in [0, 0.1) is 0 Å². The summed E-state index contributed by atoms with van der Waals surface area (Å²) in [4.78, 5) is 4.03. The monoisotopic (exact) mass is 193 g/mol. The molecule has 1 saturated heterocycles. The van der Waals surface area contributed by atoms with Gasteiger partial charge in [-0.3, -0.25) is 0 Å². The molecule has 1 aromatic rings. The lowest BCUT2D eigenvalue weighted by Gasteiger charge is -2.23. The van der Waals surface area contributed by atoms with Crippen molar-refractivity contribution in [2.75, 3.05) is 6.54 Å². The van der Waals surface area contributed by atoms with Crippen molar-refractivity contribution in [2.24, 2.45) is 0 Å². The lowest BCUT2D eigenvalue weighted by atomic mass is 10.0. The van der Waals surface area contributed by atoms with Crippen LogP contribution < -0.4 is 5.32 Å². The summed E-state index contributed by atoms with van der Waals surface area (Å²) in [5.41, 5.74) is 0. The van der Waals surface area contributed by atoms with Crippen LogP contribution >= 0.6 is 0 Å². The minimum Gasteiger partial charge on any atom is -0.337 e. The molecule has 1 aliphatic rings. The van der Waals surface area contributed by atoms with Crippen LogP contribution in [0.1, 0.15) is 32.1 Å². The van der Waals surface area contributed by atoms with Crippen molar-refractivity contribution < 1.29 is 0 Å². The van der Waals surface area contributed by atoms with Crippen molar-refractivity contribution in [3.8, 4) is 0 Å². The molecule has 0 aliphatic carbocycles. The fourth-order valence-corrected chi connectivity index (χ4v) is 2.11. The van der Waals surface area contributed by atoms with Gasteiger partial charge in [0.2, 0.25) is 0 Å². The molecule has 0 amide bonds. The second-order valence-electron chi connectivity index (χ2n) is 4.09. The van der Waals surface area contributed by atoms with Crippen molar-refractivity contribution >= 4 is 0 Å². The molecule has 1 unspecified atom stereocenters. The molecule has 2 rings (SSSR count). The molecule has 78 valence electrons. The molecule has 0 radical (unpaired) electrons. The van der Waals surface area contributed by atoms with E-state index in [1.54, 1.807) is 0 Å². The second-order valence-corrected chi connectivity index (χ2v) is 4.09. The second kappa shape index (κ2) is 5.15. The van der Waals surface area contributed by atoms with Gasteiger partial charge >= 0.3 is 0 Å². The first-order chi connectivity index (χ1) is 6.95. The number of hydrogen-bond acceptors (Lipinski definition) is 2. The Morgan fingerprint density at radius 2 is 2.43 bits per heavy atom. The van der Waals surface area contributed by atoms with Gasteiger partial charge in [-0.05, 0) is 32.2 Å². The molecular weight excluding hydrogens is 174 g/mol. The molecule has 1 N–H and O–H groups in total. The number of aryl methyl sites for hydroxylation is 1. The summed E-state index contributed by atoms with van der Waals surface area (Å²) in [7, 11) is 0. The van der Waals surface area contributed by atoms with Gasteiger partial charge in [-0.15, -0.1) is 0 Å². The maximum absolute atomic E-state index is 4.03. The Labute approximate surface area is 85.5 Å². The Morgan fingerprint density at radius 1 is 1.43 bits per heavy atom. The van der Waals surface area contributed by atoms with Gasteiger partial charge in [0.05, 0.1) is 6.33 Å². The third kappa shape index (κ3) is 2.84. The van der Waals surface area contributed by atoms with E-state index in [2.05, 4.69) is 14.9 Å². The maximum atomic E-state index is 4.03. The Hall–Kier alpha value is -0.830. The van der Waals surface area contributed by atoms with E-state index in [4.69, 9.17) is 0 Å². The predicted octanol–water partition coefficient (Wildman–Crippen LogP) is 1.81. The highest BCUT2D eigenvalue weighted by molar-refractivity contribution is 4.75. The lowest BCUT2D eigenvalue weighted by molar-refractivity contribution is 0.368. The highest BCUT2D eigenvalue weighted by Crippen LogP contribution is 2.12. The molecule has 14 heavy (non-hydrogen) atoms. The predicted molar refractivity (Wildman–Crippen MR) is 57.1 cm³/mol. The van der Waals surface area contributed by atoms with Gasteiger partial charge < -0.3 is 9.88 Å². The standard InChI is InChI=1S/C11H19N3/c1-2-6-13-11(4-1)5-3-8-14-9-7-12-10-14/h7,9-11,13H,1-6,8H2. The molecule has 3 nitrogen and oxygen atoms in total. The van der Waals surface area contributed by atoms with Crippen molar-refractivity contribution in [3.63, 3.8) is 0 Å². The SMILES string of the molecule is c1cn(CCCC2CCCCN2)cn1.